The predicted molar refractivity (Wildman–Crippen MR) is 56.0 cm³/mol. The smallest absolute Gasteiger partial charge is 0.130 e. The van der Waals surface area contributed by atoms with Gasteiger partial charge < -0.3 is 4.74 Å². The van der Waals surface area contributed by atoms with Crippen LogP contribution in [0.1, 0.15) is 18.4 Å². The summed E-state index contributed by atoms with van der Waals surface area (Å²) in [4.78, 5) is 0. The minimum atomic E-state index is -0.135. The molecule has 0 aliphatic rings. The lowest BCUT2D eigenvalue weighted by molar-refractivity contribution is 0.158. The number of rotatable bonds is 5. The van der Waals surface area contributed by atoms with Gasteiger partial charge in [0.2, 0.25) is 0 Å². The summed E-state index contributed by atoms with van der Waals surface area (Å²) >= 11 is 5.81. The fraction of sp³-hybridized carbons (Fsp3) is 0.455. The Kier molecular flexibility index (Phi) is 4.87. The standard InChI is InChI=1S/C11H15ClO/c1-13-11(12)9-5-8-10-6-3-2-4-7-10/h2-4,6-7,11H,5,8-9H2,1H3/t11-/m1/s1. The van der Waals surface area contributed by atoms with E-state index < -0.39 is 0 Å². The van der Waals surface area contributed by atoms with Gasteiger partial charge in [-0.3, -0.25) is 0 Å². The third-order valence-corrected chi connectivity index (χ3v) is 2.39. The molecule has 0 aromatic heterocycles. The number of hydrogen-bond donors (Lipinski definition) is 0. The van der Waals surface area contributed by atoms with Gasteiger partial charge in [0.1, 0.15) is 5.56 Å². The molecule has 1 atom stereocenters. The molecule has 13 heavy (non-hydrogen) atoms. The van der Waals surface area contributed by atoms with E-state index in [0.29, 0.717) is 0 Å². The van der Waals surface area contributed by atoms with Gasteiger partial charge in [0, 0.05) is 7.11 Å². The van der Waals surface area contributed by atoms with Gasteiger partial charge in [0.15, 0.2) is 0 Å². The molecule has 1 aromatic carbocycles. The fourth-order valence-corrected chi connectivity index (χ4v) is 1.38. The fourth-order valence-electron chi connectivity index (χ4n) is 1.23. The number of aryl methyl sites for hydroxylation is 1. The average Bonchev–Trinajstić information content (AvgIpc) is 2.19. The van der Waals surface area contributed by atoms with E-state index in [1.54, 1.807) is 7.11 Å². The molecule has 0 N–H and O–H groups in total. The van der Waals surface area contributed by atoms with Crippen LogP contribution in [0.2, 0.25) is 0 Å². The maximum Gasteiger partial charge on any atom is 0.130 e. The minimum Gasteiger partial charge on any atom is -0.366 e. The number of alkyl halides is 1. The first-order valence-electron chi connectivity index (χ1n) is 4.53. The van der Waals surface area contributed by atoms with Crippen molar-refractivity contribution in [1.29, 1.82) is 0 Å². The molecule has 0 aliphatic heterocycles. The lowest BCUT2D eigenvalue weighted by atomic mass is 10.1. The van der Waals surface area contributed by atoms with E-state index in [2.05, 4.69) is 24.3 Å². The van der Waals surface area contributed by atoms with Crippen molar-refractivity contribution < 1.29 is 4.74 Å². The molecule has 1 rings (SSSR count). The highest BCUT2D eigenvalue weighted by atomic mass is 35.5. The Morgan fingerprint density at radius 2 is 2.00 bits per heavy atom. The third-order valence-electron chi connectivity index (χ3n) is 2.00. The lowest BCUT2D eigenvalue weighted by Crippen LogP contribution is -2.01. The summed E-state index contributed by atoms with van der Waals surface area (Å²) < 4.78 is 4.95. The Labute approximate surface area is 84.7 Å². The minimum absolute atomic E-state index is 0.135. The summed E-state index contributed by atoms with van der Waals surface area (Å²) in [6.45, 7) is 0. The predicted octanol–water partition coefficient (Wildman–Crippen LogP) is 3.22. The second-order valence-corrected chi connectivity index (χ2v) is 3.51. The van der Waals surface area contributed by atoms with Crippen LogP contribution < -0.4 is 0 Å². The van der Waals surface area contributed by atoms with Crippen LogP contribution in [0, 0.1) is 0 Å². The van der Waals surface area contributed by atoms with E-state index in [9.17, 15) is 0 Å². The number of benzene rings is 1. The van der Waals surface area contributed by atoms with Crippen LogP contribution in [0.5, 0.6) is 0 Å². The Morgan fingerprint density at radius 3 is 2.62 bits per heavy atom. The SMILES string of the molecule is CO[C@@H](Cl)CCCc1ccccc1. The van der Waals surface area contributed by atoms with Crippen LogP contribution in [0.15, 0.2) is 30.3 Å². The van der Waals surface area contributed by atoms with E-state index in [-0.39, 0.29) is 5.56 Å². The second kappa shape index (κ2) is 6.01. The van der Waals surface area contributed by atoms with Gasteiger partial charge in [0.05, 0.1) is 0 Å². The highest BCUT2D eigenvalue weighted by Crippen LogP contribution is 2.10. The Morgan fingerprint density at radius 1 is 1.31 bits per heavy atom. The molecule has 0 heterocycles. The van der Waals surface area contributed by atoms with Crippen LogP contribution in [0.25, 0.3) is 0 Å². The van der Waals surface area contributed by atoms with Crippen molar-refractivity contribution in [2.45, 2.75) is 24.8 Å². The van der Waals surface area contributed by atoms with Crippen LogP contribution in [0.4, 0.5) is 0 Å². The topological polar surface area (TPSA) is 9.23 Å². The molecule has 0 unspecified atom stereocenters. The van der Waals surface area contributed by atoms with E-state index >= 15 is 0 Å². The van der Waals surface area contributed by atoms with Crippen LogP contribution in [-0.4, -0.2) is 12.7 Å². The summed E-state index contributed by atoms with van der Waals surface area (Å²) in [5.41, 5.74) is 1.23. The molecule has 0 saturated heterocycles. The molecular weight excluding hydrogens is 184 g/mol. The van der Waals surface area contributed by atoms with Gasteiger partial charge in [-0.25, -0.2) is 0 Å². The van der Waals surface area contributed by atoms with Crippen molar-refractivity contribution in [2.24, 2.45) is 0 Å². The Hall–Kier alpha value is -0.530. The number of hydrogen-bond acceptors (Lipinski definition) is 1. The van der Waals surface area contributed by atoms with Crippen molar-refractivity contribution in [2.75, 3.05) is 7.11 Å². The van der Waals surface area contributed by atoms with Crippen LogP contribution >= 0.6 is 11.6 Å². The van der Waals surface area contributed by atoms with Gasteiger partial charge in [0.25, 0.3) is 0 Å². The largest absolute Gasteiger partial charge is 0.366 e. The van der Waals surface area contributed by atoms with Crippen molar-refractivity contribution >= 4 is 11.6 Å². The first-order chi connectivity index (χ1) is 6.33. The summed E-state index contributed by atoms with van der Waals surface area (Å²) in [5, 5.41) is 0. The van der Waals surface area contributed by atoms with Gasteiger partial charge in [-0.05, 0) is 24.8 Å². The highest BCUT2D eigenvalue weighted by Gasteiger charge is 2.00. The third kappa shape index (κ3) is 4.30. The molecule has 0 amide bonds. The summed E-state index contributed by atoms with van der Waals surface area (Å²) in [6, 6.07) is 10.4. The first-order valence-corrected chi connectivity index (χ1v) is 4.97. The molecule has 0 spiro atoms. The maximum absolute atomic E-state index is 5.81. The number of halogens is 1. The van der Waals surface area contributed by atoms with Crippen molar-refractivity contribution in [1.82, 2.24) is 0 Å². The van der Waals surface area contributed by atoms with Crippen molar-refractivity contribution in [3.63, 3.8) is 0 Å². The zero-order valence-corrected chi connectivity index (χ0v) is 8.63. The summed E-state index contributed by atoms with van der Waals surface area (Å²) in [5.74, 6) is 0. The van der Waals surface area contributed by atoms with Crippen molar-refractivity contribution in [3.05, 3.63) is 35.9 Å². The van der Waals surface area contributed by atoms with Crippen LogP contribution in [0.3, 0.4) is 0 Å². The summed E-state index contributed by atoms with van der Waals surface area (Å²) in [6.07, 6.45) is 3.06. The zero-order valence-electron chi connectivity index (χ0n) is 7.87. The molecule has 0 bridgehead atoms. The quantitative estimate of drug-likeness (QED) is 0.661. The van der Waals surface area contributed by atoms with E-state index in [4.69, 9.17) is 16.3 Å². The van der Waals surface area contributed by atoms with Gasteiger partial charge in [-0.15, -0.1) is 0 Å². The first kappa shape index (κ1) is 10.6. The van der Waals surface area contributed by atoms with Gasteiger partial charge in [-0.2, -0.15) is 0 Å². The molecule has 72 valence electrons. The maximum atomic E-state index is 5.81. The molecule has 1 aromatic rings. The van der Waals surface area contributed by atoms with E-state index in [1.165, 1.54) is 5.56 Å². The molecule has 0 saturated carbocycles. The normalized spacial score (nSPS) is 12.8. The number of methoxy groups -OCH3 is 1. The van der Waals surface area contributed by atoms with Crippen molar-refractivity contribution in [3.8, 4) is 0 Å². The summed E-state index contributed by atoms with van der Waals surface area (Å²) in [7, 11) is 1.64. The van der Waals surface area contributed by atoms with E-state index in [0.717, 1.165) is 19.3 Å². The molecule has 0 aliphatic carbocycles. The second-order valence-electron chi connectivity index (χ2n) is 3.02. The monoisotopic (exact) mass is 198 g/mol. The van der Waals surface area contributed by atoms with Crippen LogP contribution in [-0.2, 0) is 11.2 Å². The Balaban J connectivity index is 2.20. The molecule has 1 nitrogen and oxygen atoms in total. The molecule has 0 radical (unpaired) electrons. The number of ether oxygens (including phenoxy) is 1. The van der Waals surface area contributed by atoms with Gasteiger partial charge in [-0.1, -0.05) is 41.9 Å². The molecule has 2 heteroatoms. The lowest BCUT2D eigenvalue weighted by Gasteiger charge is -2.06. The van der Waals surface area contributed by atoms with Gasteiger partial charge >= 0.3 is 0 Å². The van der Waals surface area contributed by atoms with E-state index in [1.807, 2.05) is 6.07 Å². The average molecular weight is 199 g/mol. The Bertz CT molecular complexity index is 223. The molecular formula is C11H15ClO. The highest BCUT2D eigenvalue weighted by molar-refractivity contribution is 6.19. The molecule has 0 fully saturated rings. The zero-order chi connectivity index (χ0) is 9.52.